The Hall–Kier alpha value is -2.23. The van der Waals surface area contributed by atoms with E-state index in [-0.39, 0.29) is 17.0 Å². The Balaban J connectivity index is 2.31. The quantitative estimate of drug-likeness (QED) is 0.412. The summed E-state index contributed by atoms with van der Waals surface area (Å²) in [5.41, 5.74) is 2.39. The number of aromatic nitrogens is 1. The van der Waals surface area contributed by atoms with Gasteiger partial charge in [0.1, 0.15) is 11.6 Å². The molecule has 1 heterocycles. The van der Waals surface area contributed by atoms with E-state index in [9.17, 15) is 9.18 Å². The summed E-state index contributed by atoms with van der Waals surface area (Å²) in [5, 5.41) is 0.273. The molecule has 1 aromatic heterocycles. The molecular formula is C22H28FNO2. The van der Waals surface area contributed by atoms with E-state index in [1.807, 2.05) is 13.0 Å². The summed E-state index contributed by atoms with van der Waals surface area (Å²) in [6.45, 7) is 7.03. The Labute approximate surface area is 155 Å². The van der Waals surface area contributed by atoms with Crippen LogP contribution in [0.4, 0.5) is 4.39 Å². The van der Waals surface area contributed by atoms with Crippen LogP contribution in [-0.2, 0) is 4.79 Å². The molecule has 0 aliphatic rings. The first-order valence-corrected chi connectivity index (χ1v) is 9.40. The molecule has 2 aromatic rings. The monoisotopic (exact) mass is 357 g/mol. The van der Waals surface area contributed by atoms with Gasteiger partial charge in [-0.05, 0) is 44.4 Å². The summed E-state index contributed by atoms with van der Waals surface area (Å²) < 4.78 is 20.0. The predicted octanol–water partition coefficient (Wildman–Crippen LogP) is 6.29. The third-order valence-corrected chi connectivity index (χ3v) is 4.50. The molecule has 0 saturated carbocycles. The van der Waals surface area contributed by atoms with Crippen LogP contribution in [0.1, 0.15) is 69.2 Å². The van der Waals surface area contributed by atoms with Gasteiger partial charge in [-0.25, -0.2) is 9.37 Å². The number of halogens is 1. The Kier molecular flexibility index (Phi) is 7.31. The number of pyridine rings is 1. The first-order chi connectivity index (χ1) is 12.5. The molecule has 4 heteroatoms. The first kappa shape index (κ1) is 20.1. The molecule has 0 saturated heterocycles. The highest BCUT2D eigenvalue weighted by atomic mass is 19.1. The number of rotatable bonds is 8. The number of ether oxygens (including phenoxy) is 1. The van der Waals surface area contributed by atoms with Gasteiger partial charge in [0.25, 0.3) is 0 Å². The van der Waals surface area contributed by atoms with Crippen molar-refractivity contribution in [2.24, 2.45) is 0 Å². The second-order valence-corrected chi connectivity index (χ2v) is 6.74. The van der Waals surface area contributed by atoms with Crippen molar-refractivity contribution < 1.29 is 13.9 Å². The standard InChI is InChI=1S/C22H28FNO2/c1-5-6-7-8-9-10-11-12-18-16(3)22(26-17(4)25)20-19(24-18)14-13-15(2)21(20)23/h11-14H,5-10H2,1-4H3/b12-11+. The van der Waals surface area contributed by atoms with Gasteiger partial charge < -0.3 is 4.74 Å². The molecule has 0 aliphatic carbocycles. The van der Waals surface area contributed by atoms with Gasteiger partial charge in [-0.15, -0.1) is 0 Å². The summed E-state index contributed by atoms with van der Waals surface area (Å²) in [6, 6.07) is 3.46. The third kappa shape index (κ3) is 4.90. The first-order valence-electron chi connectivity index (χ1n) is 9.40. The minimum Gasteiger partial charge on any atom is -0.426 e. The van der Waals surface area contributed by atoms with Crippen LogP contribution >= 0.6 is 0 Å². The maximum Gasteiger partial charge on any atom is 0.308 e. The minimum atomic E-state index is -0.465. The van der Waals surface area contributed by atoms with E-state index in [0.29, 0.717) is 22.3 Å². The van der Waals surface area contributed by atoms with E-state index >= 15 is 0 Å². The Morgan fingerprint density at radius 2 is 1.92 bits per heavy atom. The lowest BCUT2D eigenvalue weighted by atomic mass is 10.0. The molecule has 26 heavy (non-hydrogen) atoms. The van der Waals surface area contributed by atoms with Crippen molar-refractivity contribution in [2.75, 3.05) is 0 Å². The number of carbonyl (C=O) groups is 1. The van der Waals surface area contributed by atoms with Crippen molar-refractivity contribution in [3.05, 3.63) is 40.8 Å². The second kappa shape index (κ2) is 9.46. The SMILES string of the molecule is CCCCCCC/C=C/c1nc2ccc(C)c(F)c2c(OC(C)=O)c1C. The number of unbranched alkanes of at least 4 members (excludes halogenated alkanes) is 5. The van der Waals surface area contributed by atoms with Gasteiger partial charge in [-0.2, -0.15) is 0 Å². The maximum absolute atomic E-state index is 14.6. The van der Waals surface area contributed by atoms with Gasteiger partial charge in [-0.1, -0.05) is 44.7 Å². The topological polar surface area (TPSA) is 39.2 Å². The largest absolute Gasteiger partial charge is 0.426 e. The van der Waals surface area contributed by atoms with E-state index in [2.05, 4.69) is 18.0 Å². The number of allylic oxidation sites excluding steroid dienone is 1. The Morgan fingerprint density at radius 3 is 2.62 bits per heavy atom. The maximum atomic E-state index is 14.6. The van der Waals surface area contributed by atoms with Crippen LogP contribution in [0, 0.1) is 19.7 Å². The van der Waals surface area contributed by atoms with Crippen LogP contribution in [0.25, 0.3) is 17.0 Å². The van der Waals surface area contributed by atoms with Crippen LogP contribution in [0.3, 0.4) is 0 Å². The van der Waals surface area contributed by atoms with Crippen molar-refractivity contribution >= 4 is 22.9 Å². The van der Waals surface area contributed by atoms with Crippen molar-refractivity contribution in [3.8, 4) is 5.75 Å². The van der Waals surface area contributed by atoms with Gasteiger partial charge in [0.05, 0.1) is 16.6 Å². The number of fused-ring (bicyclic) bond motifs is 1. The zero-order chi connectivity index (χ0) is 19.1. The van der Waals surface area contributed by atoms with Crippen LogP contribution in [0.15, 0.2) is 18.2 Å². The lowest BCUT2D eigenvalue weighted by Crippen LogP contribution is -2.06. The highest BCUT2D eigenvalue weighted by Gasteiger charge is 2.18. The van der Waals surface area contributed by atoms with E-state index in [4.69, 9.17) is 4.74 Å². The van der Waals surface area contributed by atoms with E-state index < -0.39 is 5.97 Å². The zero-order valence-corrected chi connectivity index (χ0v) is 16.2. The Bertz CT molecular complexity index is 812. The van der Waals surface area contributed by atoms with Crippen molar-refractivity contribution in [1.29, 1.82) is 0 Å². The molecule has 0 fully saturated rings. The second-order valence-electron chi connectivity index (χ2n) is 6.74. The van der Waals surface area contributed by atoms with Gasteiger partial charge in [0, 0.05) is 12.5 Å². The minimum absolute atomic E-state index is 0.270. The fourth-order valence-corrected chi connectivity index (χ4v) is 2.99. The van der Waals surface area contributed by atoms with E-state index in [0.717, 1.165) is 12.8 Å². The molecule has 1 aromatic carbocycles. The smallest absolute Gasteiger partial charge is 0.308 e. The molecule has 0 radical (unpaired) electrons. The van der Waals surface area contributed by atoms with E-state index in [1.54, 1.807) is 19.1 Å². The Morgan fingerprint density at radius 1 is 1.19 bits per heavy atom. The zero-order valence-electron chi connectivity index (χ0n) is 16.2. The number of esters is 1. The molecule has 0 unspecified atom stereocenters. The highest BCUT2D eigenvalue weighted by Crippen LogP contribution is 2.34. The molecule has 0 spiro atoms. The summed E-state index contributed by atoms with van der Waals surface area (Å²) in [4.78, 5) is 16.1. The van der Waals surface area contributed by atoms with Gasteiger partial charge in [-0.3, -0.25) is 4.79 Å². The fraction of sp³-hybridized carbons (Fsp3) is 0.455. The highest BCUT2D eigenvalue weighted by molar-refractivity contribution is 5.91. The van der Waals surface area contributed by atoms with Crippen LogP contribution in [0.5, 0.6) is 5.75 Å². The number of aryl methyl sites for hydroxylation is 1. The molecule has 3 nitrogen and oxygen atoms in total. The van der Waals surface area contributed by atoms with Gasteiger partial charge >= 0.3 is 5.97 Å². The number of hydrogen-bond acceptors (Lipinski definition) is 3. The molecule has 0 bridgehead atoms. The van der Waals surface area contributed by atoms with E-state index in [1.165, 1.54) is 32.6 Å². The number of carbonyl (C=O) groups excluding carboxylic acids is 1. The summed E-state index contributed by atoms with van der Waals surface area (Å²) in [5.74, 6) is -0.584. The number of hydrogen-bond donors (Lipinski definition) is 0. The van der Waals surface area contributed by atoms with Gasteiger partial charge in [0.15, 0.2) is 0 Å². The van der Waals surface area contributed by atoms with Crippen LogP contribution in [-0.4, -0.2) is 11.0 Å². The molecule has 0 amide bonds. The lowest BCUT2D eigenvalue weighted by molar-refractivity contribution is -0.131. The number of nitrogens with zero attached hydrogens (tertiary/aromatic N) is 1. The molecule has 0 aliphatic heterocycles. The average Bonchev–Trinajstić information content (AvgIpc) is 2.60. The molecule has 140 valence electrons. The summed E-state index contributed by atoms with van der Waals surface area (Å²) >= 11 is 0. The number of benzene rings is 1. The predicted molar refractivity (Wildman–Crippen MR) is 105 cm³/mol. The van der Waals surface area contributed by atoms with Crippen molar-refractivity contribution in [3.63, 3.8) is 0 Å². The van der Waals surface area contributed by atoms with Gasteiger partial charge in [0.2, 0.25) is 0 Å². The van der Waals surface area contributed by atoms with Crippen molar-refractivity contribution in [2.45, 2.75) is 66.2 Å². The van der Waals surface area contributed by atoms with Crippen LogP contribution < -0.4 is 4.74 Å². The van der Waals surface area contributed by atoms with Crippen LogP contribution in [0.2, 0.25) is 0 Å². The normalized spacial score (nSPS) is 11.4. The molecule has 0 N–H and O–H groups in total. The van der Waals surface area contributed by atoms with Crippen molar-refractivity contribution in [1.82, 2.24) is 4.98 Å². The molecular weight excluding hydrogens is 329 g/mol. The average molecular weight is 357 g/mol. The molecule has 0 atom stereocenters. The fourth-order valence-electron chi connectivity index (χ4n) is 2.99. The summed E-state index contributed by atoms with van der Waals surface area (Å²) in [7, 11) is 0. The lowest BCUT2D eigenvalue weighted by Gasteiger charge is -2.13. The summed E-state index contributed by atoms with van der Waals surface area (Å²) in [6.07, 6.45) is 11.2. The third-order valence-electron chi connectivity index (χ3n) is 4.50. The molecule has 2 rings (SSSR count).